The Hall–Kier alpha value is -1.96. The molecule has 4 N–H and O–H groups in total. The molecule has 0 bridgehead atoms. The molecule has 0 aliphatic heterocycles. The van der Waals surface area contributed by atoms with Crippen molar-refractivity contribution in [2.75, 3.05) is 10.6 Å². The molecular formula is C16H21ClN4O2S. The average Bonchev–Trinajstić information content (AvgIpc) is 2.97. The van der Waals surface area contributed by atoms with E-state index in [2.05, 4.69) is 15.6 Å². The summed E-state index contributed by atoms with van der Waals surface area (Å²) in [6.45, 7) is 4.31. The summed E-state index contributed by atoms with van der Waals surface area (Å²) in [6, 6.07) is 6.97. The lowest BCUT2D eigenvalue weighted by atomic mass is 10.1. The number of hydrogen-bond acceptors (Lipinski definition) is 5. The van der Waals surface area contributed by atoms with Gasteiger partial charge in [0.2, 0.25) is 5.91 Å². The molecule has 0 aliphatic carbocycles. The zero-order valence-electron chi connectivity index (χ0n) is 13.5. The zero-order chi connectivity index (χ0) is 16.8. The van der Waals surface area contributed by atoms with Crippen LogP contribution in [-0.4, -0.2) is 16.8 Å². The number of halogens is 1. The number of aromatic nitrogens is 1. The molecule has 0 fully saturated rings. The van der Waals surface area contributed by atoms with Gasteiger partial charge in [-0.25, -0.2) is 4.98 Å². The van der Waals surface area contributed by atoms with Crippen LogP contribution in [-0.2, 0) is 11.3 Å². The van der Waals surface area contributed by atoms with Crippen molar-refractivity contribution < 1.29 is 9.59 Å². The molecule has 1 aromatic carbocycles. The molecule has 130 valence electrons. The van der Waals surface area contributed by atoms with E-state index in [4.69, 9.17) is 5.73 Å². The van der Waals surface area contributed by atoms with Crippen LogP contribution >= 0.6 is 23.7 Å². The Bertz CT molecular complexity index is 686. The quantitative estimate of drug-likeness (QED) is 0.728. The number of carbonyl (C=O) groups is 2. The normalized spacial score (nSPS) is 10.2. The lowest BCUT2D eigenvalue weighted by Gasteiger charge is -2.08. The first-order valence-electron chi connectivity index (χ1n) is 7.33. The summed E-state index contributed by atoms with van der Waals surface area (Å²) in [7, 11) is 0. The number of nitrogens with one attached hydrogen (secondary N) is 2. The van der Waals surface area contributed by atoms with Crippen LogP contribution < -0.4 is 16.4 Å². The predicted molar refractivity (Wildman–Crippen MR) is 99.7 cm³/mol. The van der Waals surface area contributed by atoms with E-state index < -0.39 is 0 Å². The summed E-state index contributed by atoms with van der Waals surface area (Å²) in [5.74, 6) is 0.0104. The average molecular weight is 369 g/mol. The maximum absolute atomic E-state index is 12.0. The molecule has 0 atom stereocenters. The van der Waals surface area contributed by atoms with Gasteiger partial charge >= 0.3 is 0 Å². The van der Waals surface area contributed by atoms with Gasteiger partial charge in [0.05, 0.1) is 0 Å². The van der Waals surface area contributed by atoms with E-state index in [0.29, 0.717) is 36.0 Å². The summed E-state index contributed by atoms with van der Waals surface area (Å²) < 4.78 is 0. The Morgan fingerprint density at radius 3 is 2.25 bits per heavy atom. The van der Waals surface area contributed by atoms with Gasteiger partial charge < -0.3 is 16.4 Å². The molecule has 2 rings (SSSR count). The van der Waals surface area contributed by atoms with Gasteiger partial charge in [-0.05, 0) is 30.2 Å². The van der Waals surface area contributed by atoms with Gasteiger partial charge in [0.15, 0.2) is 0 Å². The van der Waals surface area contributed by atoms with E-state index >= 15 is 0 Å². The predicted octanol–water partition coefficient (Wildman–Crippen LogP) is 3.26. The second-order valence-electron chi connectivity index (χ2n) is 5.51. The van der Waals surface area contributed by atoms with Crippen LogP contribution in [0.3, 0.4) is 0 Å². The highest BCUT2D eigenvalue weighted by molar-refractivity contribution is 7.09. The smallest absolute Gasteiger partial charge is 0.275 e. The van der Waals surface area contributed by atoms with Crippen molar-refractivity contribution in [2.45, 2.75) is 26.8 Å². The van der Waals surface area contributed by atoms with Gasteiger partial charge in [0.1, 0.15) is 10.7 Å². The van der Waals surface area contributed by atoms with Crippen molar-refractivity contribution in [1.82, 2.24) is 4.98 Å². The number of anilines is 2. The van der Waals surface area contributed by atoms with Crippen molar-refractivity contribution in [3.8, 4) is 0 Å². The highest BCUT2D eigenvalue weighted by Crippen LogP contribution is 2.16. The summed E-state index contributed by atoms with van der Waals surface area (Å²) in [6.07, 6.45) is 0.478. The van der Waals surface area contributed by atoms with Gasteiger partial charge in [-0.1, -0.05) is 13.8 Å². The summed E-state index contributed by atoms with van der Waals surface area (Å²) in [4.78, 5) is 27.9. The van der Waals surface area contributed by atoms with Gasteiger partial charge in [0.25, 0.3) is 5.91 Å². The van der Waals surface area contributed by atoms with E-state index in [0.717, 1.165) is 5.01 Å². The number of nitrogens with zero attached hydrogens (tertiary/aromatic N) is 1. The second kappa shape index (κ2) is 9.36. The fourth-order valence-electron chi connectivity index (χ4n) is 1.92. The first kappa shape index (κ1) is 20.1. The first-order valence-corrected chi connectivity index (χ1v) is 8.21. The minimum atomic E-state index is -0.280. The van der Waals surface area contributed by atoms with E-state index in [1.807, 2.05) is 13.8 Å². The highest BCUT2D eigenvalue weighted by Gasteiger charge is 2.11. The van der Waals surface area contributed by atoms with Crippen LogP contribution in [0.4, 0.5) is 11.4 Å². The molecule has 2 aromatic rings. The highest BCUT2D eigenvalue weighted by atomic mass is 35.5. The molecule has 0 unspecified atom stereocenters. The molecular weight excluding hydrogens is 348 g/mol. The Kier molecular flexibility index (Phi) is 7.84. The van der Waals surface area contributed by atoms with Crippen molar-refractivity contribution >= 4 is 46.9 Å². The van der Waals surface area contributed by atoms with Crippen LogP contribution in [0.15, 0.2) is 29.6 Å². The van der Waals surface area contributed by atoms with Gasteiger partial charge in [-0.3, -0.25) is 9.59 Å². The second-order valence-corrected chi connectivity index (χ2v) is 6.45. The minimum absolute atomic E-state index is 0. The lowest BCUT2D eigenvalue weighted by Crippen LogP contribution is -2.14. The summed E-state index contributed by atoms with van der Waals surface area (Å²) in [5, 5.41) is 7.98. The summed E-state index contributed by atoms with van der Waals surface area (Å²) in [5.41, 5.74) is 7.18. The van der Waals surface area contributed by atoms with Crippen molar-refractivity contribution in [2.24, 2.45) is 11.7 Å². The first-order chi connectivity index (χ1) is 11.0. The molecule has 0 spiro atoms. The molecule has 2 amide bonds. The van der Waals surface area contributed by atoms with Crippen molar-refractivity contribution in [3.63, 3.8) is 0 Å². The number of carbonyl (C=O) groups excluding carboxylic acids is 2. The van der Waals surface area contributed by atoms with E-state index in [1.165, 1.54) is 11.3 Å². The third-order valence-corrected chi connectivity index (χ3v) is 3.85. The molecule has 6 nitrogen and oxygen atoms in total. The Morgan fingerprint density at radius 1 is 1.17 bits per heavy atom. The topological polar surface area (TPSA) is 97.1 Å². The molecule has 24 heavy (non-hydrogen) atoms. The molecule has 1 heterocycles. The Balaban J connectivity index is 0.00000288. The van der Waals surface area contributed by atoms with Crippen molar-refractivity contribution in [1.29, 1.82) is 0 Å². The van der Waals surface area contributed by atoms with Gasteiger partial charge in [-0.15, -0.1) is 23.7 Å². The number of hydrogen-bond donors (Lipinski definition) is 3. The number of amides is 2. The maximum atomic E-state index is 12.0. The Morgan fingerprint density at radius 2 is 1.75 bits per heavy atom. The molecule has 8 heteroatoms. The molecule has 1 aromatic heterocycles. The molecule has 0 radical (unpaired) electrons. The van der Waals surface area contributed by atoms with Crippen molar-refractivity contribution in [3.05, 3.63) is 40.3 Å². The zero-order valence-corrected chi connectivity index (χ0v) is 15.2. The molecule has 0 saturated heterocycles. The summed E-state index contributed by atoms with van der Waals surface area (Å²) >= 11 is 1.36. The van der Waals surface area contributed by atoms with E-state index in [-0.39, 0.29) is 24.2 Å². The van der Waals surface area contributed by atoms with Gasteiger partial charge in [0, 0.05) is 29.7 Å². The van der Waals surface area contributed by atoms with Crippen LogP contribution in [0.5, 0.6) is 0 Å². The largest absolute Gasteiger partial charge is 0.326 e. The van der Waals surface area contributed by atoms with Crippen LogP contribution in [0.25, 0.3) is 0 Å². The van der Waals surface area contributed by atoms with Crippen LogP contribution in [0.2, 0.25) is 0 Å². The van der Waals surface area contributed by atoms with Gasteiger partial charge in [-0.2, -0.15) is 0 Å². The number of benzene rings is 1. The standard InChI is InChI=1S/C16H20N4O2S.ClH/c1-10(2)7-14(21)18-11-3-5-12(6-4-11)19-16(22)13-9-23-15(8-17)20-13;/h3-6,9-10H,7-8,17H2,1-2H3,(H,18,21)(H,19,22);1H. The minimum Gasteiger partial charge on any atom is -0.326 e. The van der Waals surface area contributed by atoms with Crippen LogP contribution in [0, 0.1) is 5.92 Å². The number of nitrogens with two attached hydrogens (primary N) is 1. The monoisotopic (exact) mass is 368 g/mol. The molecule has 0 saturated carbocycles. The van der Waals surface area contributed by atoms with Crippen LogP contribution in [0.1, 0.15) is 35.8 Å². The lowest BCUT2D eigenvalue weighted by molar-refractivity contribution is -0.116. The third-order valence-electron chi connectivity index (χ3n) is 2.98. The number of rotatable bonds is 6. The fraction of sp³-hybridized carbons (Fsp3) is 0.312. The SMILES string of the molecule is CC(C)CC(=O)Nc1ccc(NC(=O)c2csc(CN)n2)cc1.Cl. The fourth-order valence-corrected chi connectivity index (χ4v) is 2.58. The maximum Gasteiger partial charge on any atom is 0.275 e. The third kappa shape index (κ3) is 5.92. The molecule has 0 aliphatic rings. The Labute approximate surface area is 151 Å². The van der Waals surface area contributed by atoms with E-state index in [9.17, 15) is 9.59 Å². The number of thiazole rings is 1. The van der Waals surface area contributed by atoms with E-state index in [1.54, 1.807) is 29.6 Å².